The van der Waals surface area contributed by atoms with E-state index >= 15 is 0 Å². The predicted octanol–water partition coefficient (Wildman–Crippen LogP) is 3.02. The monoisotopic (exact) mass is 396 g/mol. The van der Waals surface area contributed by atoms with Gasteiger partial charge in [-0.3, -0.25) is 0 Å². The van der Waals surface area contributed by atoms with E-state index in [4.69, 9.17) is 20.2 Å². The van der Waals surface area contributed by atoms with Crippen LogP contribution in [-0.4, -0.2) is 33.7 Å². The molecule has 0 amide bonds. The van der Waals surface area contributed by atoms with Crippen molar-refractivity contribution in [3.63, 3.8) is 0 Å². The molecule has 0 spiro atoms. The molecule has 1 aliphatic heterocycles. The second kappa shape index (κ2) is 6.64. The van der Waals surface area contributed by atoms with Crippen LogP contribution in [0, 0.1) is 6.92 Å². The van der Waals surface area contributed by atoms with Gasteiger partial charge in [0.25, 0.3) is 9.05 Å². The second-order valence-corrected chi connectivity index (χ2v) is 8.18. The van der Waals surface area contributed by atoms with Crippen LogP contribution in [0.15, 0.2) is 21.5 Å². The number of rotatable bonds is 3. The zero-order valence-corrected chi connectivity index (χ0v) is 14.4. The fraction of sp³-hybridized carbons (Fsp3) is 0.462. The molecule has 0 unspecified atom stereocenters. The van der Waals surface area contributed by atoms with Crippen LogP contribution in [0.2, 0.25) is 0 Å². The van der Waals surface area contributed by atoms with Crippen molar-refractivity contribution in [2.75, 3.05) is 13.2 Å². The van der Waals surface area contributed by atoms with E-state index in [-0.39, 0.29) is 22.1 Å². The SMILES string of the molecule is Cc1c(C(=O)OC2CCOCC2)cc(Br)cc1S(=O)(=O)Cl. The molecule has 8 heteroatoms. The second-order valence-electron chi connectivity index (χ2n) is 4.73. The van der Waals surface area contributed by atoms with E-state index in [1.807, 2.05) is 0 Å². The Morgan fingerprint density at radius 1 is 1.38 bits per heavy atom. The first-order chi connectivity index (χ1) is 9.79. The fourth-order valence-electron chi connectivity index (χ4n) is 2.13. The Morgan fingerprint density at radius 2 is 2.00 bits per heavy atom. The van der Waals surface area contributed by atoms with Crippen LogP contribution in [0.5, 0.6) is 0 Å². The summed E-state index contributed by atoms with van der Waals surface area (Å²) < 4.78 is 34.1. The van der Waals surface area contributed by atoms with Crippen molar-refractivity contribution >= 4 is 41.6 Å². The smallest absolute Gasteiger partial charge is 0.338 e. The van der Waals surface area contributed by atoms with E-state index in [9.17, 15) is 13.2 Å². The van der Waals surface area contributed by atoms with Crippen molar-refractivity contribution < 1.29 is 22.7 Å². The molecule has 1 aliphatic rings. The average molecular weight is 398 g/mol. The van der Waals surface area contributed by atoms with Gasteiger partial charge in [-0.1, -0.05) is 15.9 Å². The van der Waals surface area contributed by atoms with Gasteiger partial charge in [0.15, 0.2) is 0 Å². The molecular weight excluding hydrogens is 384 g/mol. The number of carbonyl (C=O) groups is 1. The van der Waals surface area contributed by atoms with E-state index in [2.05, 4.69) is 15.9 Å². The summed E-state index contributed by atoms with van der Waals surface area (Å²) in [5.41, 5.74) is 0.473. The average Bonchev–Trinajstić information content (AvgIpc) is 2.40. The third-order valence-electron chi connectivity index (χ3n) is 3.25. The minimum absolute atomic E-state index is 0.0996. The summed E-state index contributed by atoms with van der Waals surface area (Å²) in [5.74, 6) is -0.553. The van der Waals surface area contributed by atoms with Crippen molar-refractivity contribution in [3.05, 3.63) is 27.7 Å². The van der Waals surface area contributed by atoms with Crippen molar-refractivity contribution in [1.29, 1.82) is 0 Å². The predicted molar refractivity (Wildman–Crippen MR) is 81.2 cm³/mol. The minimum atomic E-state index is -3.93. The molecule has 0 saturated carbocycles. The standard InChI is InChI=1S/C13H14BrClO5S/c1-8-11(6-9(14)7-12(8)21(15,17)18)13(16)20-10-2-4-19-5-3-10/h6-7,10H,2-5H2,1H3. The van der Waals surface area contributed by atoms with Crippen LogP contribution in [-0.2, 0) is 18.5 Å². The highest BCUT2D eigenvalue weighted by molar-refractivity contribution is 9.10. The molecule has 0 N–H and O–H groups in total. The Bertz CT molecular complexity index is 653. The maximum Gasteiger partial charge on any atom is 0.338 e. The highest BCUT2D eigenvalue weighted by Crippen LogP contribution is 2.28. The fourth-order valence-corrected chi connectivity index (χ4v) is 3.96. The number of ether oxygens (including phenoxy) is 2. The summed E-state index contributed by atoms with van der Waals surface area (Å²) >= 11 is 3.18. The normalized spacial score (nSPS) is 16.7. The van der Waals surface area contributed by atoms with Crippen molar-refractivity contribution in [2.24, 2.45) is 0 Å². The molecule has 1 saturated heterocycles. The van der Waals surface area contributed by atoms with E-state index in [1.165, 1.54) is 19.1 Å². The maximum absolute atomic E-state index is 12.2. The highest BCUT2D eigenvalue weighted by atomic mass is 79.9. The van der Waals surface area contributed by atoms with Gasteiger partial charge in [-0.2, -0.15) is 0 Å². The lowest BCUT2D eigenvalue weighted by atomic mass is 10.1. The Kier molecular flexibility index (Phi) is 5.29. The van der Waals surface area contributed by atoms with Gasteiger partial charge in [0.1, 0.15) is 6.10 Å². The third-order valence-corrected chi connectivity index (χ3v) is 5.16. The van der Waals surface area contributed by atoms with Crippen LogP contribution in [0.25, 0.3) is 0 Å². The first-order valence-electron chi connectivity index (χ1n) is 6.32. The van der Waals surface area contributed by atoms with Crippen LogP contribution < -0.4 is 0 Å². The van der Waals surface area contributed by atoms with Gasteiger partial charge in [0.05, 0.1) is 23.7 Å². The van der Waals surface area contributed by atoms with Crippen molar-refractivity contribution in [3.8, 4) is 0 Å². The molecule has 2 rings (SSSR count). The molecule has 1 aromatic rings. The largest absolute Gasteiger partial charge is 0.459 e. The lowest BCUT2D eigenvalue weighted by molar-refractivity contribution is -0.0159. The van der Waals surface area contributed by atoms with E-state index in [0.717, 1.165) is 0 Å². The molecule has 0 aliphatic carbocycles. The Balaban J connectivity index is 2.30. The molecular formula is C13H14BrClO5S. The first kappa shape index (κ1) is 16.7. The maximum atomic E-state index is 12.2. The number of hydrogen-bond acceptors (Lipinski definition) is 5. The number of carbonyl (C=O) groups excluding carboxylic acids is 1. The van der Waals surface area contributed by atoms with Gasteiger partial charge in [0.2, 0.25) is 0 Å². The molecule has 0 bridgehead atoms. The molecule has 5 nitrogen and oxygen atoms in total. The van der Waals surface area contributed by atoms with Crippen molar-refractivity contribution in [2.45, 2.75) is 30.8 Å². The summed E-state index contributed by atoms with van der Waals surface area (Å²) in [6.45, 7) is 2.63. The van der Waals surface area contributed by atoms with Gasteiger partial charge in [-0.15, -0.1) is 0 Å². The molecule has 0 atom stereocenters. The van der Waals surface area contributed by atoms with Crippen LogP contribution in [0.1, 0.15) is 28.8 Å². The van der Waals surface area contributed by atoms with Crippen LogP contribution >= 0.6 is 26.6 Å². The highest BCUT2D eigenvalue weighted by Gasteiger charge is 2.24. The zero-order valence-electron chi connectivity index (χ0n) is 11.3. The van der Waals surface area contributed by atoms with Gasteiger partial charge >= 0.3 is 5.97 Å². The van der Waals surface area contributed by atoms with Crippen molar-refractivity contribution in [1.82, 2.24) is 0 Å². The van der Waals surface area contributed by atoms with E-state index in [0.29, 0.717) is 30.5 Å². The summed E-state index contributed by atoms with van der Waals surface area (Å²) in [4.78, 5) is 12.1. The first-order valence-corrected chi connectivity index (χ1v) is 9.43. The molecule has 116 valence electrons. The molecule has 0 aromatic heterocycles. The van der Waals surface area contributed by atoms with Crippen LogP contribution in [0.4, 0.5) is 0 Å². The summed E-state index contributed by atoms with van der Waals surface area (Å²) in [6, 6.07) is 2.89. The lowest BCUT2D eigenvalue weighted by Gasteiger charge is -2.22. The third kappa shape index (κ3) is 4.18. The number of halogens is 2. The van der Waals surface area contributed by atoms with Gasteiger partial charge in [-0.05, 0) is 24.6 Å². The Morgan fingerprint density at radius 3 is 2.57 bits per heavy atom. The summed E-state index contributed by atoms with van der Waals surface area (Å²) in [5, 5.41) is 0. The summed E-state index contributed by atoms with van der Waals surface area (Å²) in [6.07, 6.45) is 1.07. The zero-order chi connectivity index (χ0) is 15.6. The molecule has 21 heavy (non-hydrogen) atoms. The molecule has 1 aromatic carbocycles. The topological polar surface area (TPSA) is 69.7 Å². The Hall–Kier alpha value is -0.630. The minimum Gasteiger partial charge on any atom is -0.459 e. The summed E-state index contributed by atoms with van der Waals surface area (Å²) in [7, 11) is 1.46. The molecule has 0 radical (unpaired) electrons. The van der Waals surface area contributed by atoms with E-state index in [1.54, 1.807) is 0 Å². The number of hydrogen-bond donors (Lipinski definition) is 0. The Labute approximate surface area is 136 Å². The van der Waals surface area contributed by atoms with Crippen LogP contribution in [0.3, 0.4) is 0 Å². The van der Waals surface area contributed by atoms with Gasteiger partial charge < -0.3 is 9.47 Å². The number of esters is 1. The van der Waals surface area contributed by atoms with E-state index < -0.39 is 15.0 Å². The lowest BCUT2D eigenvalue weighted by Crippen LogP contribution is -2.26. The van der Waals surface area contributed by atoms with Gasteiger partial charge in [-0.25, -0.2) is 13.2 Å². The molecule has 1 heterocycles. The quantitative estimate of drug-likeness (QED) is 0.579. The van der Waals surface area contributed by atoms with Gasteiger partial charge in [0, 0.05) is 28.0 Å². The number of benzene rings is 1. The molecule has 1 fully saturated rings.